The van der Waals surface area contributed by atoms with Crippen LogP contribution < -0.4 is 10.5 Å². The van der Waals surface area contributed by atoms with Crippen LogP contribution in [-0.2, 0) is 14.8 Å². The van der Waals surface area contributed by atoms with Crippen molar-refractivity contribution in [1.82, 2.24) is 4.72 Å². The van der Waals surface area contributed by atoms with Crippen LogP contribution in [-0.4, -0.2) is 39.3 Å². The monoisotopic (exact) mass is 288 g/mol. The van der Waals surface area contributed by atoms with Gasteiger partial charge in [-0.2, -0.15) is 0 Å². The number of benzene rings is 1. The Balaban J connectivity index is 3.30. The van der Waals surface area contributed by atoms with Gasteiger partial charge < -0.3 is 15.6 Å². The largest absolute Gasteiger partial charge is 0.465 e. The molecule has 0 radical (unpaired) electrons. The molecule has 0 aliphatic rings. The molecular formula is C11H16N2O5S. The van der Waals surface area contributed by atoms with Crippen LogP contribution in [0.25, 0.3) is 0 Å². The second-order valence-electron chi connectivity index (χ2n) is 3.95. The molecule has 1 rings (SSSR count). The molecule has 0 amide bonds. The highest BCUT2D eigenvalue weighted by Gasteiger charge is 2.24. The van der Waals surface area contributed by atoms with Crippen molar-refractivity contribution in [3.8, 4) is 0 Å². The number of aliphatic hydroxyl groups is 1. The fourth-order valence-electron chi connectivity index (χ4n) is 1.42. The number of nitrogens with one attached hydrogen (secondary N) is 1. The highest BCUT2D eigenvalue weighted by atomic mass is 32.2. The number of hydrogen-bond acceptors (Lipinski definition) is 6. The third-order valence-electron chi connectivity index (χ3n) is 2.33. The topological polar surface area (TPSA) is 119 Å². The summed E-state index contributed by atoms with van der Waals surface area (Å²) in [5.74, 6) is -0.802. The van der Waals surface area contributed by atoms with Gasteiger partial charge >= 0.3 is 5.97 Å². The summed E-state index contributed by atoms with van der Waals surface area (Å²) < 4.78 is 30.9. The van der Waals surface area contributed by atoms with Crippen LogP contribution in [0.15, 0.2) is 23.1 Å². The van der Waals surface area contributed by atoms with Crippen LogP contribution in [0.2, 0.25) is 0 Å². The van der Waals surface area contributed by atoms with Gasteiger partial charge in [-0.05, 0) is 25.1 Å². The smallest absolute Gasteiger partial charge is 0.339 e. The van der Waals surface area contributed by atoms with Crippen molar-refractivity contribution in [2.75, 3.05) is 19.5 Å². The second-order valence-corrected chi connectivity index (χ2v) is 5.63. The first-order valence-corrected chi connectivity index (χ1v) is 6.91. The van der Waals surface area contributed by atoms with E-state index < -0.39 is 22.0 Å². The Hall–Kier alpha value is -1.64. The number of carbonyl (C=O) groups excluding carboxylic acids is 1. The number of carbonyl (C=O) groups is 1. The fourth-order valence-corrected chi connectivity index (χ4v) is 2.83. The lowest BCUT2D eigenvalue weighted by Crippen LogP contribution is -2.35. The molecule has 0 aromatic heterocycles. The van der Waals surface area contributed by atoms with E-state index in [1.165, 1.54) is 25.1 Å². The van der Waals surface area contributed by atoms with Gasteiger partial charge in [-0.15, -0.1) is 0 Å². The maximum Gasteiger partial charge on any atom is 0.339 e. The van der Waals surface area contributed by atoms with Crippen LogP contribution in [0.4, 0.5) is 5.69 Å². The van der Waals surface area contributed by atoms with E-state index in [0.29, 0.717) is 0 Å². The van der Waals surface area contributed by atoms with Gasteiger partial charge in [0.15, 0.2) is 0 Å². The van der Waals surface area contributed by atoms with E-state index in [1.807, 2.05) is 0 Å². The molecule has 0 heterocycles. The zero-order chi connectivity index (χ0) is 14.6. The summed E-state index contributed by atoms with van der Waals surface area (Å²) in [7, 11) is -2.80. The molecule has 8 heteroatoms. The van der Waals surface area contributed by atoms with E-state index in [-0.39, 0.29) is 22.8 Å². The Kier molecular flexibility index (Phi) is 4.87. The van der Waals surface area contributed by atoms with Crippen molar-refractivity contribution >= 4 is 21.7 Å². The molecule has 0 saturated carbocycles. The molecule has 0 bridgehead atoms. The minimum Gasteiger partial charge on any atom is -0.465 e. The van der Waals surface area contributed by atoms with Crippen LogP contribution in [0.1, 0.15) is 17.3 Å². The van der Waals surface area contributed by atoms with E-state index in [0.717, 1.165) is 7.11 Å². The Morgan fingerprint density at radius 1 is 1.53 bits per heavy atom. The minimum atomic E-state index is -3.94. The van der Waals surface area contributed by atoms with Gasteiger partial charge in [-0.1, -0.05) is 0 Å². The van der Waals surface area contributed by atoms with E-state index >= 15 is 0 Å². The zero-order valence-electron chi connectivity index (χ0n) is 10.6. The molecule has 1 aromatic rings. The van der Waals surface area contributed by atoms with Crippen molar-refractivity contribution < 1.29 is 23.1 Å². The summed E-state index contributed by atoms with van der Waals surface area (Å²) in [6, 6.07) is 3.14. The normalized spacial score (nSPS) is 13.0. The molecule has 19 heavy (non-hydrogen) atoms. The van der Waals surface area contributed by atoms with Crippen LogP contribution in [0.3, 0.4) is 0 Å². The standard InChI is InChI=1S/C11H16N2O5S/c1-7(6-14)13-19(16,17)10-4-3-8(12)5-9(10)11(15)18-2/h3-5,7,13-14H,6,12H2,1-2H3. The average molecular weight is 288 g/mol. The van der Waals surface area contributed by atoms with Crippen molar-refractivity contribution in [1.29, 1.82) is 0 Å². The third-order valence-corrected chi connectivity index (χ3v) is 3.98. The molecule has 1 aromatic carbocycles. The number of anilines is 1. The van der Waals surface area contributed by atoms with Gasteiger partial charge in [-0.25, -0.2) is 17.9 Å². The summed E-state index contributed by atoms with van der Waals surface area (Å²) in [5.41, 5.74) is 5.62. The predicted octanol–water partition coefficient (Wildman–Crippen LogP) is -0.286. The van der Waals surface area contributed by atoms with Gasteiger partial charge in [0, 0.05) is 11.7 Å². The number of hydrogen-bond donors (Lipinski definition) is 3. The van der Waals surface area contributed by atoms with E-state index in [2.05, 4.69) is 9.46 Å². The van der Waals surface area contributed by atoms with Crippen molar-refractivity contribution in [2.24, 2.45) is 0 Å². The Morgan fingerprint density at radius 3 is 2.68 bits per heavy atom. The average Bonchev–Trinajstić information content (AvgIpc) is 2.36. The van der Waals surface area contributed by atoms with Crippen molar-refractivity contribution in [3.63, 3.8) is 0 Å². The first-order valence-electron chi connectivity index (χ1n) is 5.43. The molecule has 0 spiro atoms. The molecule has 0 aliphatic carbocycles. The van der Waals surface area contributed by atoms with Crippen molar-refractivity contribution in [3.05, 3.63) is 23.8 Å². The van der Waals surface area contributed by atoms with E-state index in [9.17, 15) is 13.2 Å². The summed E-state index contributed by atoms with van der Waals surface area (Å²) >= 11 is 0. The number of nitrogens with two attached hydrogens (primary N) is 1. The van der Waals surface area contributed by atoms with Crippen LogP contribution >= 0.6 is 0 Å². The van der Waals surface area contributed by atoms with Gasteiger partial charge in [-0.3, -0.25) is 0 Å². The zero-order valence-corrected chi connectivity index (χ0v) is 11.4. The summed E-state index contributed by atoms with van der Waals surface area (Å²) in [5, 5.41) is 8.88. The van der Waals surface area contributed by atoms with E-state index in [4.69, 9.17) is 10.8 Å². The summed E-state index contributed by atoms with van der Waals surface area (Å²) in [6.07, 6.45) is 0. The number of aliphatic hydroxyl groups excluding tert-OH is 1. The predicted molar refractivity (Wildman–Crippen MR) is 69.1 cm³/mol. The minimum absolute atomic E-state index is 0.153. The number of ether oxygens (including phenoxy) is 1. The SMILES string of the molecule is COC(=O)c1cc(N)ccc1S(=O)(=O)NC(C)CO. The molecule has 4 N–H and O–H groups in total. The van der Waals surface area contributed by atoms with Gasteiger partial charge in [0.25, 0.3) is 0 Å². The molecule has 106 valence electrons. The Morgan fingerprint density at radius 2 is 2.16 bits per heavy atom. The maximum atomic E-state index is 12.1. The number of nitrogen functional groups attached to an aromatic ring is 1. The molecule has 0 fully saturated rings. The highest BCUT2D eigenvalue weighted by Crippen LogP contribution is 2.20. The highest BCUT2D eigenvalue weighted by molar-refractivity contribution is 7.89. The molecular weight excluding hydrogens is 272 g/mol. The third kappa shape index (κ3) is 3.66. The first-order chi connectivity index (χ1) is 8.81. The Bertz CT molecular complexity index is 570. The number of methoxy groups -OCH3 is 1. The molecule has 0 saturated heterocycles. The fraction of sp³-hybridized carbons (Fsp3) is 0.364. The molecule has 7 nitrogen and oxygen atoms in total. The molecule has 0 aliphatic heterocycles. The summed E-state index contributed by atoms with van der Waals surface area (Å²) in [6.45, 7) is 1.13. The van der Waals surface area contributed by atoms with Crippen molar-refractivity contribution in [2.45, 2.75) is 17.9 Å². The number of esters is 1. The first kappa shape index (κ1) is 15.4. The molecule has 1 atom stereocenters. The van der Waals surface area contributed by atoms with Gasteiger partial charge in [0.05, 0.1) is 24.2 Å². The Labute approximate surface area is 111 Å². The van der Waals surface area contributed by atoms with Crippen LogP contribution in [0, 0.1) is 0 Å². The lowest BCUT2D eigenvalue weighted by atomic mass is 10.2. The maximum absolute atomic E-state index is 12.1. The van der Waals surface area contributed by atoms with Gasteiger partial charge in [0.1, 0.15) is 0 Å². The number of rotatable bonds is 5. The van der Waals surface area contributed by atoms with E-state index in [1.54, 1.807) is 0 Å². The summed E-state index contributed by atoms with van der Waals surface area (Å²) in [4.78, 5) is 11.3. The van der Waals surface area contributed by atoms with Crippen LogP contribution in [0.5, 0.6) is 0 Å². The lowest BCUT2D eigenvalue weighted by Gasteiger charge is -2.14. The molecule has 1 unspecified atom stereocenters. The quantitative estimate of drug-likeness (QED) is 0.506. The lowest BCUT2D eigenvalue weighted by molar-refractivity contribution is 0.0596. The second kappa shape index (κ2) is 6.00. The number of sulfonamides is 1. The van der Waals surface area contributed by atoms with Gasteiger partial charge in [0.2, 0.25) is 10.0 Å².